The van der Waals surface area contributed by atoms with Crippen LogP contribution in [0, 0.1) is 11.8 Å². The lowest BCUT2D eigenvalue weighted by atomic mass is 9.88. The Morgan fingerprint density at radius 2 is 2.05 bits per heavy atom. The van der Waals surface area contributed by atoms with Gasteiger partial charge in [-0.3, -0.25) is 9.59 Å². The molecule has 0 spiro atoms. The van der Waals surface area contributed by atoms with Crippen molar-refractivity contribution in [1.29, 1.82) is 0 Å². The van der Waals surface area contributed by atoms with Crippen molar-refractivity contribution in [3.05, 3.63) is 0 Å². The molecule has 1 fully saturated rings. The lowest BCUT2D eigenvalue weighted by molar-refractivity contribution is -0.145. The highest BCUT2D eigenvalue weighted by Gasteiger charge is 2.51. The number of cyclic esters (lactones) is 1. The van der Waals surface area contributed by atoms with E-state index in [1.807, 2.05) is 13.8 Å². The second-order valence-electron chi connectivity index (χ2n) is 6.43. The van der Waals surface area contributed by atoms with Gasteiger partial charge in [0, 0.05) is 19.1 Å². The third kappa shape index (κ3) is 2.52. The first-order valence-electron chi connectivity index (χ1n) is 7.01. The molecule has 0 aromatic heterocycles. The molecule has 7 nitrogen and oxygen atoms in total. The predicted molar refractivity (Wildman–Crippen MR) is 75.4 cm³/mol. The van der Waals surface area contributed by atoms with Crippen LogP contribution in [-0.4, -0.2) is 52.2 Å². The van der Waals surface area contributed by atoms with E-state index < -0.39 is 23.6 Å². The van der Waals surface area contributed by atoms with Crippen molar-refractivity contribution in [3.8, 4) is 0 Å². The fourth-order valence-corrected chi connectivity index (χ4v) is 2.68. The van der Waals surface area contributed by atoms with Crippen LogP contribution in [0.5, 0.6) is 0 Å². The number of imide groups is 1. The van der Waals surface area contributed by atoms with Gasteiger partial charge in [0.2, 0.25) is 5.91 Å². The van der Waals surface area contributed by atoms with Crippen molar-refractivity contribution >= 4 is 24.1 Å². The van der Waals surface area contributed by atoms with Crippen LogP contribution in [0.2, 0.25) is 0 Å². The smallest absolute Gasteiger partial charge is 0.417 e. The summed E-state index contributed by atoms with van der Waals surface area (Å²) in [4.78, 5) is 37.6. The maximum atomic E-state index is 12.9. The zero-order valence-electron chi connectivity index (χ0n) is 13.0. The van der Waals surface area contributed by atoms with E-state index in [0.29, 0.717) is 0 Å². The van der Waals surface area contributed by atoms with Crippen molar-refractivity contribution in [2.75, 3.05) is 6.61 Å². The van der Waals surface area contributed by atoms with Crippen LogP contribution in [0.25, 0.3) is 0 Å². The number of hydrogen-bond acceptors (Lipinski definition) is 5. The summed E-state index contributed by atoms with van der Waals surface area (Å²) in [5, 5.41) is 5.21. The van der Waals surface area contributed by atoms with E-state index >= 15 is 0 Å². The molecule has 2 heterocycles. The third-order valence-corrected chi connectivity index (χ3v) is 3.89. The summed E-state index contributed by atoms with van der Waals surface area (Å²) >= 11 is 0. The monoisotopic (exact) mass is 295 g/mol. The Labute approximate surface area is 123 Å². The second kappa shape index (κ2) is 5.13. The Balaban J connectivity index is 2.34. The first-order chi connectivity index (χ1) is 9.66. The van der Waals surface area contributed by atoms with E-state index in [1.54, 1.807) is 20.1 Å². The van der Waals surface area contributed by atoms with Gasteiger partial charge in [-0.2, -0.15) is 5.10 Å². The summed E-state index contributed by atoms with van der Waals surface area (Å²) in [6.07, 6.45) is 0.950. The minimum absolute atomic E-state index is 0.119. The minimum Gasteiger partial charge on any atom is -0.447 e. The number of carbonyl (C=O) groups excluding carboxylic acids is 3. The molecule has 21 heavy (non-hydrogen) atoms. The van der Waals surface area contributed by atoms with Crippen LogP contribution in [0.4, 0.5) is 4.79 Å². The first-order valence-corrected chi connectivity index (χ1v) is 7.01. The Morgan fingerprint density at radius 3 is 2.48 bits per heavy atom. The quantitative estimate of drug-likeness (QED) is 0.767. The van der Waals surface area contributed by atoms with Crippen molar-refractivity contribution < 1.29 is 19.1 Å². The van der Waals surface area contributed by atoms with Crippen LogP contribution < -0.4 is 0 Å². The zero-order chi connectivity index (χ0) is 15.9. The lowest BCUT2D eigenvalue weighted by Gasteiger charge is -2.33. The molecule has 0 unspecified atom stereocenters. The fraction of sp³-hybridized carbons (Fsp3) is 0.714. The summed E-state index contributed by atoms with van der Waals surface area (Å²) in [6.45, 7) is 8.93. The van der Waals surface area contributed by atoms with Gasteiger partial charge in [0.1, 0.15) is 12.6 Å². The molecular formula is C14H21N3O4. The summed E-state index contributed by atoms with van der Waals surface area (Å²) in [6, 6.07) is -0.785. The van der Waals surface area contributed by atoms with Gasteiger partial charge < -0.3 is 4.74 Å². The third-order valence-electron chi connectivity index (χ3n) is 3.89. The largest absolute Gasteiger partial charge is 0.447 e. The van der Waals surface area contributed by atoms with Crippen LogP contribution in [-0.2, 0) is 14.3 Å². The summed E-state index contributed by atoms with van der Waals surface area (Å²) < 4.78 is 4.97. The maximum absolute atomic E-state index is 12.9. The summed E-state index contributed by atoms with van der Waals surface area (Å²) in [7, 11) is 0. The lowest BCUT2D eigenvalue weighted by Crippen LogP contribution is -2.56. The maximum Gasteiger partial charge on any atom is 0.417 e. The number of nitrogens with zero attached hydrogens (tertiary/aromatic N) is 3. The molecule has 0 aromatic rings. The average molecular weight is 295 g/mol. The molecule has 3 amide bonds. The molecular weight excluding hydrogens is 274 g/mol. The van der Waals surface area contributed by atoms with E-state index in [2.05, 4.69) is 5.10 Å². The average Bonchev–Trinajstić information content (AvgIpc) is 2.90. The van der Waals surface area contributed by atoms with E-state index in [9.17, 15) is 14.4 Å². The van der Waals surface area contributed by atoms with Gasteiger partial charge in [-0.05, 0) is 19.8 Å². The summed E-state index contributed by atoms with van der Waals surface area (Å²) in [5.74, 6) is -0.855. The molecule has 0 saturated carbocycles. The van der Waals surface area contributed by atoms with E-state index in [-0.39, 0.29) is 24.3 Å². The molecule has 2 aliphatic heterocycles. The minimum atomic E-state index is -0.785. The Bertz CT molecular complexity index is 512. The SMILES string of the molecule is CC(=O)N1N=C[C@H](C(C)C)[C@H]1C(=O)N1C(=O)OCC1(C)C. The Kier molecular flexibility index (Phi) is 3.78. The molecule has 1 saturated heterocycles. The Morgan fingerprint density at radius 1 is 1.43 bits per heavy atom. The van der Waals surface area contributed by atoms with Gasteiger partial charge in [-0.15, -0.1) is 0 Å². The van der Waals surface area contributed by atoms with Crippen LogP contribution in [0.15, 0.2) is 5.10 Å². The standard InChI is InChI=1S/C14H21N3O4/c1-8(2)10-6-15-17(9(3)18)11(10)12(19)16-13(20)21-7-14(16,4)5/h6,8,10-11H,7H2,1-5H3/t10-,11+/m1/s1. The topological polar surface area (TPSA) is 79.3 Å². The van der Waals surface area contributed by atoms with Crippen LogP contribution >= 0.6 is 0 Å². The first kappa shape index (κ1) is 15.5. The molecule has 2 rings (SSSR count). The molecule has 0 aromatic carbocycles. The number of ether oxygens (including phenoxy) is 1. The van der Waals surface area contributed by atoms with Gasteiger partial charge in [0.05, 0.1) is 5.54 Å². The van der Waals surface area contributed by atoms with Crippen molar-refractivity contribution in [3.63, 3.8) is 0 Å². The molecule has 0 radical (unpaired) electrons. The predicted octanol–water partition coefficient (Wildman–Crippen LogP) is 1.23. The molecule has 2 atom stereocenters. The van der Waals surface area contributed by atoms with Crippen LogP contribution in [0.3, 0.4) is 0 Å². The molecule has 7 heteroatoms. The van der Waals surface area contributed by atoms with Gasteiger partial charge in [-0.1, -0.05) is 13.8 Å². The van der Waals surface area contributed by atoms with E-state index in [4.69, 9.17) is 4.74 Å². The number of rotatable bonds is 2. The van der Waals surface area contributed by atoms with Gasteiger partial charge in [-0.25, -0.2) is 14.7 Å². The number of hydrazone groups is 1. The molecule has 0 bridgehead atoms. The molecule has 116 valence electrons. The number of carbonyl (C=O) groups is 3. The second-order valence-corrected chi connectivity index (χ2v) is 6.43. The molecule has 0 aliphatic carbocycles. The van der Waals surface area contributed by atoms with Crippen LogP contribution in [0.1, 0.15) is 34.6 Å². The molecule has 2 aliphatic rings. The number of hydrogen-bond donors (Lipinski definition) is 0. The van der Waals surface area contributed by atoms with Gasteiger partial charge >= 0.3 is 6.09 Å². The van der Waals surface area contributed by atoms with Crippen molar-refractivity contribution in [2.24, 2.45) is 16.9 Å². The zero-order valence-corrected chi connectivity index (χ0v) is 13.0. The highest BCUT2D eigenvalue weighted by atomic mass is 16.6. The highest BCUT2D eigenvalue weighted by molar-refractivity contribution is 6.01. The van der Waals surface area contributed by atoms with E-state index in [0.717, 1.165) is 9.91 Å². The van der Waals surface area contributed by atoms with Gasteiger partial charge in [0.15, 0.2) is 0 Å². The van der Waals surface area contributed by atoms with E-state index in [1.165, 1.54) is 6.92 Å². The Hall–Kier alpha value is -1.92. The summed E-state index contributed by atoms with van der Waals surface area (Å²) in [5.41, 5.74) is -0.721. The number of amides is 3. The van der Waals surface area contributed by atoms with Crippen molar-refractivity contribution in [1.82, 2.24) is 9.91 Å². The van der Waals surface area contributed by atoms with Crippen molar-refractivity contribution in [2.45, 2.75) is 46.2 Å². The normalized spacial score (nSPS) is 27.4. The van der Waals surface area contributed by atoms with Gasteiger partial charge in [0.25, 0.3) is 5.91 Å². The fourth-order valence-electron chi connectivity index (χ4n) is 2.68. The highest BCUT2D eigenvalue weighted by Crippen LogP contribution is 2.31. The molecule has 0 N–H and O–H groups in total.